The van der Waals surface area contributed by atoms with Crippen molar-refractivity contribution in [1.29, 1.82) is 0 Å². The maximum Gasteiger partial charge on any atom is 0.167 e. The number of aromatic hydroxyl groups is 1. The van der Waals surface area contributed by atoms with Crippen molar-refractivity contribution in [3.05, 3.63) is 67.9 Å². The van der Waals surface area contributed by atoms with E-state index >= 15 is 0 Å². The van der Waals surface area contributed by atoms with E-state index in [0.29, 0.717) is 58.6 Å². The van der Waals surface area contributed by atoms with Gasteiger partial charge in [0.2, 0.25) is 0 Å². The van der Waals surface area contributed by atoms with Gasteiger partial charge in [-0.2, -0.15) is 5.10 Å². The molecule has 1 saturated heterocycles. The molecular formula is C23H21BrCl2FN5O2. The monoisotopic (exact) mass is 567 g/mol. The molecular weight excluding hydrogens is 548 g/mol. The Kier molecular flexibility index (Phi) is 7.77. The molecule has 0 aliphatic carbocycles. The van der Waals surface area contributed by atoms with Crippen molar-refractivity contribution in [3.8, 4) is 5.75 Å². The minimum absolute atomic E-state index is 0.102. The second kappa shape index (κ2) is 10.8. The van der Waals surface area contributed by atoms with Crippen molar-refractivity contribution < 1.29 is 14.2 Å². The number of phenolic OH excluding ortho intramolecular Hbond substituents is 1. The van der Waals surface area contributed by atoms with Gasteiger partial charge in [-0.3, -0.25) is 5.43 Å². The van der Waals surface area contributed by atoms with Gasteiger partial charge in [-0.25, -0.2) is 9.37 Å². The van der Waals surface area contributed by atoms with Crippen LogP contribution in [0.5, 0.6) is 5.75 Å². The van der Waals surface area contributed by atoms with Crippen LogP contribution in [0.2, 0.25) is 10.0 Å². The van der Waals surface area contributed by atoms with Crippen LogP contribution in [0.25, 0.3) is 0 Å². The van der Waals surface area contributed by atoms with E-state index in [4.69, 9.17) is 27.9 Å². The van der Waals surface area contributed by atoms with Crippen LogP contribution in [-0.4, -0.2) is 42.6 Å². The van der Waals surface area contributed by atoms with Gasteiger partial charge in [0.15, 0.2) is 11.6 Å². The average Bonchev–Trinajstić information content (AvgIpc) is 2.83. The smallest absolute Gasteiger partial charge is 0.167 e. The molecule has 2 aromatic carbocycles. The number of hydrazone groups is 1. The molecule has 1 aliphatic rings. The summed E-state index contributed by atoms with van der Waals surface area (Å²) in [6.45, 7) is 4.08. The summed E-state index contributed by atoms with van der Waals surface area (Å²) in [7, 11) is 0. The first-order chi connectivity index (χ1) is 16.3. The van der Waals surface area contributed by atoms with Crippen LogP contribution < -0.4 is 15.6 Å². The van der Waals surface area contributed by atoms with Crippen LogP contribution >= 0.6 is 39.1 Å². The number of para-hydroxylation sites is 1. The van der Waals surface area contributed by atoms with E-state index in [1.165, 1.54) is 18.3 Å². The van der Waals surface area contributed by atoms with E-state index < -0.39 is 5.82 Å². The fraction of sp³-hybridized carbons (Fsp3) is 0.217. The van der Waals surface area contributed by atoms with Gasteiger partial charge in [0.05, 0.1) is 35.8 Å². The lowest BCUT2D eigenvalue weighted by Gasteiger charge is -2.28. The molecule has 11 heteroatoms. The maximum absolute atomic E-state index is 14.2. The third kappa shape index (κ3) is 5.38. The average molecular weight is 569 g/mol. The lowest BCUT2D eigenvalue weighted by Crippen LogP contribution is -2.37. The number of aryl methyl sites for hydroxylation is 1. The standard InChI is InChI=1S/C23H21BrCl2FN5O2/c1-13-3-2-4-16(25)20(13)30-21-15(24)11-14(22(33)19(21)26)12-28-31-18-6-5-17(27)23(29-18)32-7-9-34-10-8-32/h2-6,11-12,30,33H,7-10H2,1H3,(H,29,31)/b28-12-. The molecule has 1 aromatic heterocycles. The first-order valence-corrected chi connectivity index (χ1v) is 11.9. The van der Waals surface area contributed by atoms with Crippen LogP contribution in [0.4, 0.5) is 27.4 Å². The summed E-state index contributed by atoms with van der Waals surface area (Å²) < 4.78 is 20.2. The van der Waals surface area contributed by atoms with E-state index in [1.54, 1.807) is 12.1 Å². The van der Waals surface area contributed by atoms with Crippen molar-refractivity contribution >= 4 is 68.4 Å². The van der Waals surface area contributed by atoms with Gasteiger partial charge in [0, 0.05) is 23.1 Å². The fourth-order valence-corrected chi connectivity index (χ4v) is 4.60. The van der Waals surface area contributed by atoms with Crippen molar-refractivity contribution in [3.63, 3.8) is 0 Å². The molecule has 0 spiro atoms. The molecule has 0 radical (unpaired) electrons. The number of hydrogen-bond donors (Lipinski definition) is 3. The van der Waals surface area contributed by atoms with Crippen LogP contribution in [-0.2, 0) is 4.74 Å². The molecule has 1 aliphatic heterocycles. The molecule has 34 heavy (non-hydrogen) atoms. The highest BCUT2D eigenvalue weighted by Gasteiger charge is 2.18. The van der Waals surface area contributed by atoms with Gasteiger partial charge < -0.3 is 20.1 Å². The predicted molar refractivity (Wildman–Crippen MR) is 139 cm³/mol. The minimum Gasteiger partial charge on any atom is -0.506 e. The number of rotatable bonds is 6. The molecule has 1 fully saturated rings. The van der Waals surface area contributed by atoms with Crippen molar-refractivity contribution in [1.82, 2.24) is 4.98 Å². The number of benzene rings is 2. The number of morpholine rings is 1. The summed E-state index contributed by atoms with van der Waals surface area (Å²) in [5.41, 5.74) is 5.21. The van der Waals surface area contributed by atoms with Gasteiger partial charge in [-0.15, -0.1) is 0 Å². The molecule has 0 unspecified atom stereocenters. The number of anilines is 4. The molecule has 3 N–H and O–H groups in total. The van der Waals surface area contributed by atoms with Gasteiger partial charge in [-0.05, 0) is 52.7 Å². The molecule has 0 atom stereocenters. The van der Waals surface area contributed by atoms with Gasteiger partial charge in [0.25, 0.3) is 0 Å². The molecule has 0 amide bonds. The fourth-order valence-electron chi connectivity index (χ4n) is 3.41. The lowest BCUT2D eigenvalue weighted by molar-refractivity contribution is 0.122. The molecule has 0 saturated carbocycles. The Morgan fingerprint density at radius 2 is 1.97 bits per heavy atom. The SMILES string of the molecule is Cc1cccc(Cl)c1Nc1c(Br)cc(/C=N\Nc2ccc(F)c(N3CCOCC3)n2)c(O)c1Cl. The number of halogens is 4. The highest BCUT2D eigenvalue weighted by molar-refractivity contribution is 9.10. The molecule has 2 heterocycles. The normalized spacial score (nSPS) is 14.0. The molecule has 0 bridgehead atoms. The zero-order valence-corrected chi connectivity index (χ0v) is 21.2. The van der Waals surface area contributed by atoms with Crippen LogP contribution in [0, 0.1) is 12.7 Å². The first-order valence-electron chi connectivity index (χ1n) is 10.4. The van der Waals surface area contributed by atoms with E-state index in [2.05, 4.69) is 36.8 Å². The number of phenols is 1. The topological polar surface area (TPSA) is 82.0 Å². The predicted octanol–water partition coefficient (Wildman–Crippen LogP) is 6.33. The number of nitrogens with zero attached hydrogens (tertiary/aromatic N) is 3. The Morgan fingerprint density at radius 1 is 1.21 bits per heavy atom. The van der Waals surface area contributed by atoms with E-state index in [9.17, 15) is 9.50 Å². The number of nitrogens with one attached hydrogen (secondary N) is 2. The van der Waals surface area contributed by atoms with Gasteiger partial charge in [0.1, 0.15) is 16.6 Å². The first kappa shape index (κ1) is 24.5. The van der Waals surface area contributed by atoms with Gasteiger partial charge in [-0.1, -0.05) is 35.3 Å². The number of pyridine rings is 1. The van der Waals surface area contributed by atoms with Crippen LogP contribution in [0.15, 0.2) is 46.0 Å². The number of ether oxygens (including phenoxy) is 1. The number of hydrogen-bond acceptors (Lipinski definition) is 7. The van der Waals surface area contributed by atoms with Crippen molar-refractivity contribution in [2.75, 3.05) is 41.9 Å². The zero-order valence-electron chi connectivity index (χ0n) is 18.1. The summed E-state index contributed by atoms with van der Waals surface area (Å²) in [5, 5.41) is 18.6. The van der Waals surface area contributed by atoms with E-state index in [1.807, 2.05) is 24.0 Å². The Morgan fingerprint density at radius 3 is 2.71 bits per heavy atom. The van der Waals surface area contributed by atoms with Crippen molar-refractivity contribution in [2.45, 2.75) is 6.92 Å². The van der Waals surface area contributed by atoms with Gasteiger partial charge >= 0.3 is 0 Å². The second-order valence-corrected chi connectivity index (χ2v) is 9.15. The number of aromatic nitrogens is 1. The Balaban J connectivity index is 1.53. The molecule has 178 valence electrons. The molecule has 7 nitrogen and oxygen atoms in total. The van der Waals surface area contributed by atoms with Crippen LogP contribution in [0.1, 0.15) is 11.1 Å². The lowest BCUT2D eigenvalue weighted by atomic mass is 10.1. The largest absolute Gasteiger partial charge is 0.506 e. The Labute approximate surface area is 214 Å². The molecule has 3 aromatic rings. The van der Waals surface area contributed by atoms with Crippen LogP contribution in [0.3, 0.4) is 0 Å². The summed E-state index contributed by atoms with van der Waals surface area (Å²) in [4.78, 5) is 6.13. The second-order valence-electron chi connectivity index (χ2n) is 7.51. The van der Waals surface area contributed by atoms with E-state index in [-0.39, 0.29) is 16.6 Å². The molecule has 4 rings (SSSR count). The highest BCUT2D eigenvalue weighted by atomic mass is 79.9. The minimum atomic E-state index is -0.415. The Hall–Kier alpha value is -2.59. The third-order valence-electron chi connectivity index (χ3n) is 5.21. The summed E-state index contributed by atoms with van der Waals surface area (Å²) in [6.07, 6.45) is 1.40. The summed E-state index contributed by atoms with van der Waals surface area (Å²) in [6, 6.07) is 10.0. The summed E-state index contributed by atoms with van der Waals surface area (Å²) in [5.74, 6) is 0.0176. The highest BCUT2D eigenvalue weighted by Crippen LogP contribution is 2.42. The third-order valence-corrected chi connectivity index (χ3v) is 6.52. The quantitative estimate of drug-likeness (QED) is 0.238. The zero-order chi connectivity index (χ0) is 24.2. The summed E-state index contributed by atoms with van der Waals surface area (Å²) >= 11 is 16.2. The van der Waals surface area contributed by atoms with E-state index in [0.717, 1.165) is 5.56 Å². The Bertz CT molecular complexity index is 1220. The maximum atomic E-state index is 14.2. The van der Waals surface area contributed by atoms with Crippen molar-refractivity contribution in [2.24, 2.45) is 5.10 Å².